The van der Waals surface area contributed by atoms with Gasteiger partial charge in [0.25, 0.3) is 0 Å². The summed E-state index contributed by atoms with van der Waals surface area (Å²) >= 11 is 1.66. The lowest BCUT2D eigenvalue weighted by atomic mass is 9.96. The number of hydrogen-bond acceptors (Lipinski definition) is 4. The Balaban J connectivity index is 1.40. The highest BCUT2D eigenvalue weighted by Gasteiger charge is 2.33. The third-order valence-electron chi connectivity index (χ3n) is 6.33. The number of fused-ring (bicyclic) bond motifs is 1. The second-order valence-corrected chi connectivity index (χ2v) is 11.3. The van der Waals surface area contributed by atoms with E-state index >= 15 is 0 Å². The van der Waals surface area contributed by atoms with E-state index in [0.717, 1.165) is 30.3 Å². The summed E-state index contributed by atoms with van der Waals surface area (Å²) in [6, 6.07) is 11.4. The Morgan fingerprint density at radius 2 is 1.97 bits per heavy atom. The van der Waals surface area contributed by atoms with Crippen LogP contribution in [0.4, 0.5) is 0 Å². The van der Waals surface area contributed by atoms with E-state index in [1.165, 1.54) is 9.18 Å². The van der Waals surface area contributed by atoms with Gasteiger partial charge in [-0.2, -0.15) is 4.31 Å². The van der Waals surface area contributed by atoms with Gasteiger partial charge in [0.1, 0.15) is 0 Å². The number of amides is 1. The number of thiophene rings is 1. The maximum atomic E-state index is 13.2. The molecule has 1 N–H and O–H groups in total. The standard InChI is InChI=1S/C24H31N3O3S2/c1-3-6-21(23-7-5-16-31-23)25-24(28)18-11-14-27(15-12-18)32(29,30)20-8-9-22-19(17-20)10-13-26(22)4-2/h5,7-10,13,16-18,21H,3-4,6,11-12,14-15H2,1-2H3,(H,25,28)/t21-/m1/s1. The zero-order chi connectivity index (χ0) is 22.7. The Bertz CT molecular complexity index is 1160. The van der Waals surface area contributed by atoms with Crippen LogP contribution < -0.4 is 5.32 Å². The van der Waals surface area contributed by atoms with Gasteiger partial charge in [-0.25, -0.2) is 8.42 Å². The van der Waals surface area contributed by atoms with E-state index in [-0.39, 0.29) is 17.9 Å². The molecule has 172 valence electrons. The van der Waals surface area contributed by atoms with Crippen LogP contribution in [0.5, 0.6) is 0 Å². The zero-order valence-electron chi connectivity index (χ0n) is 18.7. The number of hydrogen-bond donors (Lipinski definition) is 1. The zero-order valence-corrected chi connectivity index (χ0v) is 20.3. The van der Waals surface area contributed by atoms with E-state index in [1.54, 1.807) is 23.5 Å². The molecule has 0 spiro atoms. The van der Waals surface area contributed by atoms with Gasteiger partial charge in [0.2, 0.25) is 15.9 Å². The van der Waals surface area contributed by atoms with Crippen molar-refractivity contribution in [2.24, 2.45) is 5.92 Å². The predicted octanol–water partition coefficient (Wildman–Crippen LogP) is 4.78. The number of rotatable bonds is 8. The summed E-state index contributed by atoms with van der Waals surface area (Å²) in [5.74, 6) is -0.113. The SMILES string of the molecule is CCC[C@@H](NC(=O)C1CCN(S(=O)(=O)c2ccc3c(ccn3CC)c2)CC1)c1cccs1. The molecule has 4 rings (SSSR count). The van der Waals surface area contributed by atoms with Crippen LogP contribution in [0, 0.1) is 5.92 Å². The maximum Gasteiger partial charge on any atom is 0.243 e. The fourth-order valence-electron chi connectivity index (χ4n) is 4.48. The molecule has 1 aliphatic heterocycles. The average molecular weight is 474 g/mol. The number of aryl methyl sites for hydroxylation is 1. The van der Waals surface area contributed by atoms with Crippen LogP contribution in [0.3, 0.4) is 0 Å². The van der Waals surface area contributed by atoms with Gasteiger partial charge in [0, 0.05) is 47.5 Å². The first-order valence-electron chi connectivity index (χ1n) is 11.4. The van der Waals surface area contributed by atoms with Crippen LogP contribution in [-0.2, 0) is 21.4 Å². The second kappa shape index (κ2) is 9.77. The summed E-state index contributed by atoms with van der Waals surface area (Å²) < 4.78 is 30.1. The minimum atomic E-state index is -3.57. The first-order chi connectivity index (χ1) is 15.4. The summed E-state index contributed by atoms with van der Waals surface area (Å²) in [6.07, 6.45) is 4.96. The largest absolute Gasteiger partial charge is 0.348 e. The molecule has 2 aromatic heterocycles. The Labute approximate surface area is 194 Å². The Morgan fingerprint density at radius 3 is 2.62 bits per heavy atom. The van der Waals surface area contributed by atoms with Gasteiger partial charge in [0.05, 0.1) is 10.9 Å². The summed E-state index contributed by atoms with van der Waals surface area (Å²) in [5.41, 5.74) is 1.04. The topological polar surface area (TPSA) is 71.4 Å². The van der Waals surface area contributed by atoms with Crippen LogP contribution in [0.2, 0.25) is 0 Å². The molecule has 1 atom stereocenters. The number of benzene rings is 1. The van der Waals surface area contributed by atoms with Crippen LogP contribution in [0.15, 0.2) is 52.9 Å². The summed E-state index contributed by atoms with van der Waals surface area (Å²) in [6.45, 7) is 5.76. The molecular weight excluding hydrogens is 442 g/mol. The molecule has 3 aromatic rings. The fraction of sp³-hybridized carbons (Fsp3) is 0.458. The fourth-order valence-corrected chi connectivity index (χ4v) is 6.79. The summed E-state index contributed by atoms with van der Waals surface area (Å²) in [5, 5.41) is 6.16. The van der Waals surface area contributed by atoms with Crippen LogP contribution in [0.1, 0.15) is 50.4 Å². The molecule has 0 unspecified atom stereocenters. The molecule has 1 fully saturated rings. The minimum Gasteiger partial charge on any atom is -0.348 e. The van der Waals surface area contributed by atoms with E-state index in [0.29, 0.717) is 30.8 Å². The van der Waals surface area contributed by atoms with Crippen molar-refractivity contribution in [1.82, 2.24) is 14.2 Å². The van der Waals surface area contributed by atoms with E-state index in [1.807, 2.05) is 29.8 Å². The van der Waals surface area contributed by atoms with Gasteiger partial charge in [-0.1, -0.05) is 19.4 Å². The lowest BCUT2D eigenvalue weighted by Gasteiger charge is -2.31. The highest BCUT2D eigenvalue weighted by Crippen LogP contribution is 2.28. The summed E-state index contributed by atoms with van der Waals surface area (Å²) in [4.78, 5) is 14.4. The minimum absolute atomic E-state index is 0.0382. The van der Waals surface area contributed by atoms with Gasteiger partial charge >= 0.3 is 0 Å². The van der Waals surface area contributed by atoms with Crippen LogP contribution in [0.25, 0.3) is 10.9 Å². The number of nitrogens with zero attached hydrogens (tertiary/aromatic N) is 2. The quantitative estimate of drug-likeness (QED) is 0.512. The van der Waals surface area contributed by atoms with Crippen molar-refractivity contribution in [1.29, 1.82) is 0 Å². The lowest BCUT2D eigenvalue weighted by Crippen LogP contribution is -2.43. The Morgan fingerprint density at radius 1 is 1.19 bits per heavy atom. The second-order valence-electron chi connectivity index (χ2n) is 8.37. The number of carbonyl (C=O) groups excluding carboxylic acids is 1. The van der Waals surface area contributed by atoms with Crippen molar-refractivity contribution in [3.05, 3.63) is 52.9 Å². The number of aromatic nitrogens is 1. The molecule has 1 aliphatic rings. The molecule has 1 aromatic carbocycles. The van der Waals surface area contributed by atoms with Crippen molar-refractivity contribution in [2.45, 2.75) is 57.0 Å². The Kier molecular flexibility index (Phi) is 7.02. The molecule has 1 saturated heterocycles. The van der Waals surface area contributed by atoms with Crippen molar-refractivity contribution >= 4 is 38.2 Å². The van der Waals surface area contributed by atoms with E-state index < -0.39 is 10.0 Å². The summed E-state index contributed by atoms with van der Waals surface area (Å²) in [7, 11) is -3.57. The number of carbonyl (C=O) groups is 1. The first kappa shape index (κ1) is 23.0. The maximum absolute atomic E-state index is 13.2. The lowest BCUT2D eigenvalue weighted by molar-refractivity contribution is -0.126. The van der Waals surface area contributed by atoms with Crippen LogP contribution >= 0.6 is 11.3 Å². The molecule has 0 radical (unpaired) electrons. The van der Waals surface area contributed by atoms with Gasteiger partial charge in [-0.05, 0) is 61.9 Å². The average Bonchev–Trinajstić information content (AvgIpc) is 3.48. The smallest absolute Gasteiger partial charge is 0.243 e. The highest BCUT2D eigenvalue weighted by molar-refractivity contribution is 7.89. The number of sulfonamides is 1. The predicted molar refractivity (Wildman–Crippen MR) is 129 cm³/mol. The molecule has 3 heterocycles. The van der Waals surface area contributed by atoms with E-state index in [2.05, 4.69) is 29.8 Å². The first-order valence-corrected chi connectivity index (χ1v) is 13.7. The molecule has 32 heavy (non-hydrogen) atoms. The van der Waals surface area contributed by atoms with Gasteiger partial charge in [-0.15, -0.1) is 11.3 Å². The molecule has 0 saturated carbocycles. The third kappa shape index (κ3) is 4.63. The highest BCUT2D eigenvalue weighted by atomic mass is 32.2. The van der Waals surface area contributed by atoms with Gasteiger partial charge in [-0.3, -0.25) is 4.79 Å². The van der Waals surface area contributed by atoms with Crippen molar-refractivity contribution in [3.8, 4) is 0 Å². The van der Waals surface area contributed by atoms with Gasteiger partial charge in [0.15, 0.2) is 0 Å². The molecule has 8 heteroatoms. The van der Waals surface area contributed by atoms with Gasteiger partial charge < -0.3 is 9.88 Å². The van der Waals surface area contributed by atoms with Crippen molar-refractivity contribution in [2.75, 3.05) is 13.1 Å². The molecule has 6 nitrogen and oxygen atoms in total. The van der Waals surface area contributed by atoms with Crippen molar-refractivity contribution in [3.63, 3.8) is 0 Å². The normalized spacial score (nSPS) is 16.9. The number of nitrogens with one attached hydrogen (secondary N) is 1. The molecule has 1 amide bonds. The Hall–Kier alpha value is -2.16. The molecule has 0 bridgehead atoms. The molecule has 0 aliphatic carbocycles. The monoisotopic (exact) mass is 473 g/mol. The molecular formula is C24H31N3O3S2. The number of piperidine rings is 1. The van der Waals surface area contributed by atoms with E-state index in [4.69, 9.17) is 0 Å². The van der Waals surface area contributed by atoms with E-state index in [9.17, 15) is 13.2 Å². The third-order valence-corrected chi connectivity index (χ3v) is 9.21. The van der Waals surface area contributed by atoms with Crippen molar-refractivity contribution < 1.29 is 13.2 Å². The van der Waals surface area contributed by atoms with Crippen LogP contribution in [-0.4, -0.2) is 36.3 Å².